The quantitative estimate of drug-likeness (QED) is 0.423. The van der Waals surface area contributed by atoms with Crippen LogP contribution in [0.1, 0.15) is 105 Å². The monoisotopic (exact) mass is 430 g/mol. The molecule has 4 saturated carbocycles. The van der Waals surface area contributed by atoms with Crippen molar-refractivity contribution in [2.45, 2.75) is 128 Å². The van der Waals surface area contributed by atoms with E-state index in [2.05, 4.69) is 34.6 Å². The smallest absolute Gasteiger partial charge is 0.198 e. The van der Waals surface area contributed by atoms with E-state index < -0.39 is 8.32 Å². The predicted molar refractivity (Wildman–Crippen MR) is 126 cm³/mol. The van der Waals surface area contributed by atoms with Crippen molar-refractivity contribution in [3.63, 3.8) is 0 Å². The normalized spacial score (nSPS) is 48.2. The molecule has 2 nitrogen and oxygen atoms in total. The molecule has 1 saturated heterocycles. The zero-order valence-corrected chi connectivity index (χ0v) is 21.4. The average Bonchev–Trinajstić information content (AvgIpc) is 3.27. The Balaban J connectivity index is 1.31. The van der Waals surface area contributed by atoms with Gasteiger partial charge in [-0.05, 0) is 97.6 Å². The topological polar surface area (TPSA) is 26.3 Å². The summed E-state index contributed by atoms with van der Waals surface area (Å²) in [5.74, 6) is 3.81. The molecular weight excluding hydrogens is 384 g/mol. The fourth-order valence-corrected chi connectivity index (χ4v) is 14.2. The van der Waals surface area contributed by atoms with Crippen LogP contribution in [0.15, 0.2) is 0 Å². The summed E-state index contributed by atoms with van der Waals surface area (Å²) in [7, 11) is -1.61. The molecular formula is C27H46O2Si. The van der Waals surface area contributed by atoms with Crippen LogP contribution in [0.5, 0.6) is 0 Å². The minimum absolute atomic E-state index is 0.0256. The third-order valence-electron chi connectivity index (χ3n) is 11.5. The molecule has 0 N–H and O–H groups in total. The lowest BCUT2D eigenvalue weighted by molar-refractivity contribution is -0.141. The molecule has 3 heteroatoms. The Kier molecular flexibility index (Phi) is 5.18. The molecule has 7 atom stereocenters. The van der Waals surface area contributed by atoms with Gasteiger partial charge in [0.1, 0.15) is 5.78 Å². The number of ketones is 1. The highest BCUT2D eigenvalue weighted by atomic mass is 28.4. The fourth-order valence-electron chi connectivity index (χ4n) is 9.41. The first-order valence-electron chi connectivity index (χ1n) is 13.3. The van der Waals surface area contributed by atoms with Gasteiger partial charge in [0.15, 0.2) is 8.32 Å². The van der Waals surface area contributed by atoms with Crippen LogP contribution in [-0.2, 0) is 9.22 Å². The van der Waals surface area contributed by atoms with Gasteiger partial charge in [0.05, 0.1) is 0 Å². The van der Waals surface area contributed by atoms with E-state index in [-0.39, 0.29) is 5.41 Å². The first-order valence-corrected chi connectivity index (χ1v) is 15.6. The van der Waals surface area contributed by atoms with Gasteiger partial charge >= 0.3 is 0 Å². The molecule has 2 unspecified atom stereocenters. The highest BCUT2D eigenvalue weighted by Crippen LogP contribution is 2.66. The summed E-state index contributed by atoms with van der Waals surface area (Å²) in [6, 6.07) is 2.79. The van der Waals surface area contributed by atoms with Crippen LogP contribution in [-0.4, -0.2) is 20.2 Å². The second kappa shape index (κ2) is 7.17. The molecule has 0 spiro atoms. The molecule has 5 rings (SSSR count). The van der Waals surface area contributed by atoms with Crippen molar-refractivity contribution in [3.8, 4) is 0 Å². The lowest BCUT2D eigenvalue weighted by Crippen LogP contribution is -2.55. The van der Waals surface area contributed by atoms with E-state index in [1.807, 2.05) is 0 Å². The van der Waals surface area contributed by atoms with Gasteiger partial charge in [0.25, 0.3) is 0 Å². The van der Waals surface area contributed by atoms with Gasteiger partial charge in [0.2, 0.25) is 0 Å². The van der Waals surface area contributed by atoms with Crippen molar-refractivity contribution < 1.29 is 9.22 Å². The minimum atomic E-state index is -1.61. The number of carbonyl (C=O) groups excluding carboxylic acids is 1. The molecule has 0 aromatic rings. The van der Waals surface area contributed by atoms with Gasteiger partial charge in [-0.25, -0.2) is 0 Å². The van der Waals surface area contributed by atoms with Gasteiger partial charge in [-0.15, -0.1) is 0 Å². The first-order chi connectivity index (χ1) is 14.1. The van der Waals surface area contributed by atoms with Crippen LogP contribution in [0.3, 0.4) is 0 Å². The third kappa shape index (κ3) is 3.07. The van der Waals surface area contributed by atoms with Crippen LogP contribution in [0, 0.1) is 34.5 Å². The second-order valence-corrected chi connectivity index (χ2v) is 18.3. The van der Waals surface area contributed by atoms with E-state index in [4.69, 9.17) is 4.43 Å². The number of hydrogen-bond acceptors (Lipinski definition) is 2. The van der Waals surface area contributed by atoms with Crippen molar-refractivity contribution in [3.05, 3.63) is 0 Å². The summed E-state index contributed by atoms with van der Waals surface area (Å²) < 4.78 is 7.23. The van der Waals surface area contributed by atoms with Gasteiger partial charge in [-0.1, -0.05) is 47.5 Å². The molecule has 170 valence electrons. The lowest BCUT2D eigenvalue weighted by atomic mass is 9.45. The van der Waals surface area contributed by atoms with Crippen LogP contribution >= 0.6 is 0 Å². The minimum Gasteiger partial charge on any atom is -0.413 e. The average molecular weight is 431 g/mol. The van der Waals surface area contributed by atoms with E-state index in [0.717, 1.165) is 24.2 Å². The molecule has 1 aliphatic heterocycles. The maximum Gasteiger partial charge on any atom is 0.198 e. The van der Waals surface area contributed by atoms with Crippen molar-refractivity contribution in [2.75, 3.05) is 0 Å². The number of rotatable bonds is 2. The fraction of sp³-hybridized carbons (Fsp3) is 0.963. The number of Topliss-reactive ketones (excluding diaryl/α,β-unsaturated/α-hetero) is 1. The summed E-state index contributed by atoms with van der Waals surface area (Å²) in [6.45, 7) is 12.4. The zero-order valence-electron chi connectivity index (χ0n) is 20.4. The molecule has 4 aliphatic carbocycles. The van der Waals surface area contributed by atoms with E-state index >= 15 is 0 Å². The molecule has 0 radical (unpaired) electrons. The highest BCUT2D eigenvalue weighted by Gasteiger charge is 2.60. The van der Waals surface area contributed by atoms with Crippen molar-refractivity contribution >= 4 is 14.1 Å². The predicted octanol–water partition coefficient (Wildman–Crippen LogP) is 7.52. The van der Waals surface area contributed by atoms with Gasteiger partial charge in [-0.3, -0.25) is 4.79 Å². The Morgan fingerprint density at radius 1 is 0.933 bits per heavy atom. The molecule has 0 aromatic carbocycles. The van der Waals surface area contributed by atoms with Gasteiger partial charge < -0.3 is 4.43 Å². The third-order valence-corrected chi connectivity index (χ3v) is 17.3. The number of fused-ring (bicyclic) bond motifs is 5. The maximum atomic E-state index is 12.7. The molecule has 5 aliphatic rings. The number of carbonyl (C=O) groups is 1. The van der Waals surface area contributed by atoms with E-state index in [9.17, 15) is 4.79 Å². The lowest BCUT2D eigenvalue weighted by Gasteiger charge is -2.60. The Hall–Kier alpha value is -0.153. The Labute approximate surface area is 186 Å². The maximum absolute atomic E-state index is 12.7. The Morgan fingerprint density at radius 2 is 1.67 bits per heavy atom. The largest absolute Gasteiger partial charge is 0.413 e. The SMILES string of the molecule is CC(C)(C)[Si]1(OC2CC[C@@]3(C)C(CC[C@@H]4[C@@H]3CC[C@]3(C)C(=O)CC[C@@H]43)C2)CCCC1. The van der Waals surface area contributed by atoms with E-state index in [1.54, 1.807) is 0 Å². The summed E-state index contributed by atoms with van der Waals surface area (Å²) in [4.78, 5) is 12.7. The van der Waals surface area contributed by atoms with Crippen molar-refractivity contribution in [1.82, 2.24) is 0 Å². The summed E-state index contributed by atoms with van der Waals surface area (Å²) in [5.41, 5.74) is 0.527. The standard InChI is InChI=1S/C27H46O2Si/c1-25(2,3)30(16-6-7-17-30)29-20-12-14-26(4)19(18-20)8-9-21-22-10-11-24(28)27(22,5)15-13-23(21)26/h19-23H,6-18H2,1-5H3/t19?,20?,21-,22-,23-,26-,27-/m0/s1. The van der Waals surface area contributed by atoms with E-state index in [0.29, 0.717) is 28.3 Å². The molecule has 1 heterocycles. The summed E-state index contributed by atoms with van der Waals surface area (Å²) in [6.07, 6.45) is 14.6. The molecule has 0 aromatic heterocycles. The second-order valence-electron chi connectivity index (χ2n) is 13.5. The molecule has 5 fully saturated rings. The van der Waals surface area contributed by atoms with Gasteiger partial charge in [-0.2, -0.15) is 0 Å². The van der Waals surface area contributed by atoms with Crippen LogP contribution in [0.2, 0.25) is 17.1 Å². The molecule has 0 bridgehead atoms. The Bertz CT molecular complexity index is 689. The van der Waals surface area contributed by atoms with Crippen LogP contribution in [0.25, 0.3) is 0 Å². The van der Waals surface area contributed by atoms with Crippen molar-refractivity contribution in [1.29, 1.82) is 0 Å². The summed E-state index contributed by atoms with van der Waals surface area (Å²) >= 11 is 0. The Morgan fingerprint density at radius 3 is 2.37 bits per heavy atom. The van der Waals surface area contributed by atoms with Crippen molar-refractivity contribution in [2.24, 2.45) is 34.5 Å². The summed E-state index contributed by atoms with van der Waals surface area (Å²) in [5, 5.41) is 0.380. The van der Waals surface area contributed by atoms with Crippen LogP contribution in [0.4, 0.5) is 0 Å². The number of hydrogen-bond donors (Lipinski definition) is 0. The zero-order chi connectivity index (χ0) is 21.4. The van der Waals surface area contributed by atoms with E-state index in [1.165, 1.54) is 76.3 Å². The molecule has 0 amide bonds. The highest BCUT2D eigenvalue weighted by molar-refractivity contribution is 6.77. The van der Waals surface area contributed by atoms with Crippen LogP contribution < -0.4 is 0 Å². The van der Waals surface area contributed by atoms with Gasteiger partial charge in [0, 0.05) is 17.9 Å². The first kappa shape index (κ1) is 21.7. The molecule has 30 heavy (non-hydrogen) atoms.